The second-order valence-corrected chi connectivity index (χ2v) is 5.95. The SMILES string of the molecule is O=C(Nc1ccccc1C(F)(F)F)c1ccc(NCC2CCCO2)cn1. The molecule has 1 atom stereocenters. The van der Waals surface area contributed by atoms with Gasteiger partial charge < -0.3 is 15.4 Å². The Morgan fingerprint density at radius 3 is 2.69 bits per heavy atom. The molecule has 0 aliphatic carbocycles. The number of nitrogens with one attached hydrogen (secondary N) is 2. The summed E-state index contributed by atoms with van der Waals surface area (Å²) in [6.07, 6.45) is -0.868. The van der Waals surface area contributed by atoms with E-state index in [0.717, 1.165) is 25.5 Å². The lowest BCUT2D eigenvalue weighted by molar-refractivity contribution is -0.136. The van der Waals surface area contributed by atoms with Gasteiger partial charge in [0.1, 0.15) is 5.69 Å². The summed E-state index contributed by atoms with van der Waals surface area (Å²) in [6, 6.07) is 7.94. The average Bonchev–Trinajstić information content (AvgIpc) is 3.13. The van der Waals surface area contributed by atoms with Crippen LogP contribution in [0.3, 0.4) is 0 Å². The molecule has 1 fully saturated rings. The number of aromatic nitrogens is 1. The molecule has 1 aromatic heterocycles. The normalized spacial score (nSPS) is 17.1. The highest BCUT2D eigenvalue weighted by molar-refractivity contribution is 6.03. The third-order valence-corrected chi connectivity index (χ3v) is 4.03. The molecule has 138 valence electrons. The minimum Gasteiger partial charge on any atom is -0.381 e. The smallest absolute Gasteiger partial charge is 0.381 e. The van der Waals surface area contributed by atoms with Crippen molar-refractivity contribution in [1.29, 1.82) is 0 Å². The second-order valence-electron chi connectivity index (χ2n) is 5.95. The minimum atomic E-state index is -4.55. The van der Waals surface area contributed by atoms with Gasteiger partial charge in [0.2, 0.25) is 0 Å². The number of hydrogen-bond donors (Lipinski definition) is 2. The molecule has 1 aliphatic rings. The van der Waals surface area contributed by atoms with Gasteiger partial charge in [-0.2, -0.15) is 13.2 Å². The summed E-state index contributed by atoms with van der Waals surface area (Å²) in [5.74, 6) is -0.702. The van der Waals surface area contributed by atoms with Gasteiger partial charge in [-0.1, -0.05) is 12.1 Å². The molecule has 8 heteroatoms. The number of ether oxygens (including phenoxy) is 1. The van der Waals surface area contributed by atoms with Gasteiger partial charge in [-0.15, -0.1) is 0 Å². The van der Waals surface area contributed by atoms with Crippen molar-refractivity contribution in [3.63, 3.8) is 0 Å². The molecule has 2 aromatic rings. The summed E-state index contributed by atoms with van der Waals surface area (Å²) in [6.45, 7) is 1.41. The lowest BCUT2D eigenvalue weighted by Gasteiger charge is -2.14. The second kappa shape index (κ2) is 7.74. The fourth-order valence-electron chi connectivity index (χ4n) is 2.70. The molecule has 0 spiro atoms. The lowest BCUT2D eigenvalue weighted by Crippen LogP contribution is -2.19. The van der Waals surface area contributed by atoms with Crippen LogP contribution in [-0.4, -0.2) is 30.1 Å². The fourth-order valence-corrected chi connectivity index (χ4v) is 2.70. The molecule has 2 N–H and O–H groups in total. The van der Waals surface area contributed by atoms with Gasteiger partial charge in [0.25, 0.3) is 5.91 Å². The van der Waals surface area contributed by atoms with Crippen molar-refractivity contribution in [2.24, 2.45) is 0 Å². The third kappa shape index (κ3) is 4.51. The van der Waals surface area contributed by atoms with Gasteiger partial charge in [0, 0.05) is 13.2 Å². The van der Waals surface area contributed by atoms with Crippen molar-refractivity contribution in [2.45, 2.75) is 25.1 Å². The van der Waals surface area contributed by atoms with Gasteiger partial charge in [-0.3, -0.25) is 4.79 Å². The van der Waals surface area contributed by atoms with Crippen molar-refractivity contribution >= 4 is 17.3 Å². The van der Waals surface area contributed by atoms with E-state index >= 15 is 0 Å². The molecule has 1 unspecified atom stereocenters. The van der Waals surface area contributed by atoms with Gasteiger partial charge in [0.05, 0.1) is 29.2 Å². The maximum Gasteiger partial charge on any atom is 0.418 e. The van der Waals surface area contributed by atoms with Crippen molar-refractivity contribution in [2.75, 3.05) is 23.8 Å². The predicted molar refractivity (Wildman–Crippen MR) is 91.1 cm³/mol. The summed E-state index contributed by atoms with van der Waals surface area (Å²) < 4.78 is 44.4. The maximum atomic E-state index is 13.0. The number of hydrogen-bond acceptors (Lipinski definition) is 4. The van der Waals surface area contributed by atoms with E-state index in [1.807, 2.05) is 0 Å². The molecule has 2 heterocycles. The summed E-state index contributed by atoms with van der Waals surface area (Å²) in [5.41, 5.74) is -0.451. The molecule has 0 radical (unpaired) electrons. The van der Waals surface area contributed by atoms with E-state index in [1.54, 1.807) is 6.07 Å². The highest BCUT2D eigenvalue weighted by atomic mass is 19.4. The quantitative estimate of drug-likeness (QED) is 0.842. The number of carbonyl (C=O) groups excluding carboxylic acids is 1. The molecule has 3 rings (SSSR count). The first-order valence-electron chi connectivity index (χ1n) is 8.22. The molecule has 1 aliphatic heterocycles. The number of pyridine rings is 1. The van der Waals surface area contributed by atoms with Gasteiger partial charge >= 0.3 is 6.18 Å². The van der Waals surface area contributed by atoms with E-state index in [0.29, 0.717) is 12.2 Å². The molecular formula is C18H18F3N3O2. The van der Waals surface area contributed by atoms with Crippen LogP contribution in [0.2, 0.25) is 0 Å². The number of amides is 1. The summed E-state index contributed by atoms with van der Waals surface area (Å²) in [5, 5.41) is 5.43. The summed E-state index contributed by atoms with van der Waals surface area (Å²) >= 11 is 0. The van der Waals surface area contributed by atoms with E-state index in [2.05, 4.69) is 15.6 Å². The predicted octanol–water partition coefficient (Wildman–Crippen LogP) is 3.94. The zero-order chi connectivity index (χ0) is 18.6. The number of benzene rings is 1. The van der Waals surface area contributed by atoms with Gasteiger partial charge in [0.15, 0.2) is 0 Å². The van der Waals surface area contributed by atoms with Crippen LogP contribution in [0.1, 0.15) is 28.9 Å². The molecule has 1 amide bonds. The fraction of sp³-hybridized carbons (Fsp3) is 0.333. The molecule has 5 nitrogen and oxygen atoms in total. The average molecular weight is 365 g/mol. The van der Waals surface area contributed by atoms with Gasteiger partial charge in [-0.25, -0.2) is 4.98 Å². The number of alkyl halides is 3. The number of rotatable bonds is 5. The number of nitrogens with zero attached hydrogens (tertiary/aromatic N) is 1. The van der Waals surface area contributed by atoms with Gasteiger partial charge in [-0.05, 0) is 37.1 Å². The first kappa shape index (κ1) is 18.2. The number of anilines is 2. The molecule has 0 bridgehead atoms. The minimum absolute atomic E-state index is 0.0321. The summed E-state index contributed by atoms with van der Waals surface area (Å²) in [4.78, 5) is 16.2. The molecule has 26 heavy (non-hydrogen) atoms. The van der Waals surface area contributed by atoms with Crippen LogP contribution in [-0.2, 0) is 10.9 Å². The van der Waals surface area contributed by atoms with Crippen LogP contribution in [0.15, 0.2) is 42.6 Å². The number of halogens is 3. The zero-order valence-corrected chi connectivity index (χ0v) is 13.8. The van der Waals surface area contributed by atoms with Crippen LogP contribution in [0.5, 0.6) is 0 Å². The molecular weight excluding hydrogens is 347 g/mol. The Kier molecular flexibility index (Phi) is 5.41. The highest BCUT2D eigenvalue weighted by Crippen LogP contribution is 2.34. The molecule has 1 saturated heterocycles. The van der Waals surface area contributed by atoms with E-state index in [1.165, 1.54) is 30.5 Å². The number of para-hydroxylation sites is 1. The van der Waals surface area contributed by atoms with Crippen LogP contribution in [0.25, 0.3) is 0 Å². The Bertz CT molecular complexity index is 757. The lowest BCUT2D eigenvalue weighted by atomic mass is 10.1. The Morgan fingerprint density at radius 1 is 1.23 bits per heavy atom. The molecule has 1 aromatic carbocycles. The van der Waals surface area contributed by atoms with E-state index in [9.17, 15) is 18.0 Å². The summed E-state index contributed by atoms with van der Waals surface area (Å²) in [7, 11) is 0. The zero-order valence-electron chi connectivity index (χ0n) is 13.8. The topological polar surface area (TPSA) is 63.2 Å². The standard InChI is InChI=1S/C18H18F3N3O2/c19-18(20,21)14-5-1-2-6-15(14)24-17(25)16-8-7-12(10-23-16)22-11-13-4-3-9-26-13/h1-2,5-8,10,13,22H,3-4,9,11H2,(H,24,25). The Hall–Kier alpha value is -2.61. The van der Waals surface area contributed by atoms with Crippen LogP contribution < -0.4 is 10.6 Å². The monoisotopic (exact) mass is 365 g/mol. The van der Waals surface area contributed by atoms with Crippen molar-refractivity contribution < 1.29 is 22.7 Å². The van der Waals surface area contributed by atoms with Crippen LogP contribution >= 0.6 is 0 Å². The van der Waals surface area contributed by atoms with E-state index < -0.39 is 17.6 Å². The molecule has 0 saturated carbocycles. The van der Waals surface area contributed by atoms with Crippen molar-refractivity contribution in [1.82, 2.24) is 4.98 Å². The van der Waals surface area contributed by atoms with Crippen LogP contribution in [0.4, 0.5) is 24.5 Å². The first-order chi connectivity index (χ1) is 12.4. The Morgan fingerprint density at radius 2 is 2.04 bits per heavy atom. The highest BCUT2D eigenvalue weighted by Gasteiger charge is 2.33. The Balaban J connectivity index is 1.63. The van der Waals surface area contributed by atoms with Crippen molar-refractivity contribution in [3.05, 3.63) is 53.9 Å². The van der Waals surface area contributed by atoms with E-state index in [-0.39, 0.29) is 17.5 Å². The Labute approximate surface area is 148 Å². The largest absolute Gasteiger partial charge is 0.418 e. The maximum absolute atomic E-state index is 13.0. The first-order valence-corrected chi connectivity index (χ1v) is 8.22. The third-order valence-electron chi connectivity index (χ3n) is 4.03. The van der Waals surface area contributed by atoms with Crippen LogP contribution in [0, 0.1) is 0 Å². The van der Waals surface area contributed by atoms with E-state index in [4.69, 9.17) is 4.74 Å². The number of carbonyl (C=O) groups is 1. The van der Waals surface area contributed by atoms with Crippen molar-refractivity contribution in [3.8, 4) is 0 Å².